The molecular formula is C14H25NO4. The summed E-state index contributed by atoms with van der Waals surface area (Å²) in [5.74, 6) is -0.572. The van der Waals surface area contributed by atoms with Crippen LogP contribution in [0.1, 0.15) is 33.6 Å². The minimum absolute atomic E-state index is 0.119. The lowest BCUT2D eigenvalue weighted by Gasteiger charge is -2.25. The Hall–Kier alpha value is -0.940. The highest BCUT2D eigenvalue weighted by Gasteiger charge is 2.37. The lowest BCUT2D eigenvalue weighted by molar-refractivity contribution is -0.158. The molecule has 1 aliphatic rings. The predicted octanol–water partition coefficient (Wildman–Crippen LogP) is 1.26. The molecule has 5 nitrogen and oxygen atoms in total. The lowest BCUT2D eigenvalue weighted by Crippen LogP contribution is -2.42. The number of esters is 1. The summed E-state index contributed by atoms with van der Waals surface area (Å²) in [4.78, 5) is 25.8. The summed E-state index contributed by atoms with van der Waals surface area (Å²) in [5, 5.41) is 0. The maximum atomic E-state index is 12.2. The Morgan fingerprint density at radius 2 is 2.11 bits per heavy atom. The van der Waals surface area contributed by atoms with E-state index in [1.807, 2.05) is 11.9 Å². The summed E-state index contributed by atoms with van der Waals surface area (Å²) in [5.41, 5.74) is -1.08. The molecule has 0 amide bonds. The summed E-state index contributed by atoms with van der Waals surface area (Å²) in [6, 6.07) is 0. The van der Waals surface area contributed by atoms with Crippen molar-refractivity contribution in [2.75, 3.05) is 33.4 Å². The second-order valence-corrected chi connectivity index (χ2v) is 5.60. The third-order valence-corrected chi connectivity index (χ3v) is 3.44. The van der Waals surface area contributed by atoms with E-state index in [0.29, 0.717) is 6.61 Å². The molecule has 1 aliphatic heterocycles. The Balaban J connectivity index is 2.45. The van der Waals surface area contributed by atoms with Crippen molar-refractivity contribution >= 4 is 11.8 Å². The summed E-state index contributed by atoms with van der Waals surface area (Å²) in [6.45, 7) is 7.04. The van der Waals surface area contributed by atoms with Gasteiger partial charge in [0.2, 0.25) is 0 Å². The van der Waals surface area contributed by atoms with Crippen molar-refractivity contribution in [1.82, 2.24) is 4.90 Å². The van der Waals surface area contributed by atoms with Gasteiger partial charge in [0.1, 0.15) is 5.41 Å². The molecule has 0 bridgehead atoms. The average Bonchev–Trinajstić information content (AvgIpc) is 2.81. The van der Waals surface area contributed by atoms with Crippen LogP contribution in [0.3, 0.4) is 0 Å². The Labute approximate surface area is 115 Å². The van der Waals surface area contributed by atoms with Crippen molar-refractivity contribution in [1.29, 1.82) is 0 Å². The van der Waals surface area contributed by atoms with Crippen molar-refractivity contribution in [3.8, 4) is 0 Å². The van der Waals surface area contributed by atoms with Gasteiger partial charge >= 0.3 is 5.97 Å². The number of rotatable bonds is 7. The van der Waals surface area contributed by atoms with E-state index in [-0.39, 0.29) is 18.4 Å². The molecular weight excluding hydrogens is 246 g/mol. The number of hydrogen-bond acceptors (Lipinski definition) is 5. The smallest absolute Gasteiger partial charge is 0.319 e. The standard InChI is InChI=1S/C14H25NO4/c1-5-18-13(17)14(2,3)12(16)10-15(4)9-11-7-6-8-19-11/h11H,5-10H2,1-4H3. The van der Waals surface area contributed by atoms with Gasteiger partial charge in [-0.25, -0.2) is 0 Å². The Morgan fingerprint density at radius 3 is 2.63 bits per heavy atom. The first-order valence-electron chi connectivity index (χ1n) is 6.88. The van der Waals surface area contributed by atoms with Gasteiger partial charge in [-0.1, -0.05) is 0 Å². The van der Waals surface area contributed by atoms with Crippen LogP contribution in [0.5, 0.6) is 0 Å². The fraction of sp³-hybridized carbons (Fsp3) is 0.857. The fourth-order valence-corrected chi connectivity index (χ4v) is 2.07. The van der Waals surface area contributed by atoms with Crippen molar-refractivity contribution in [3.05, 3.63) is 0 Å². The summed E-state index contributed by atoms with van der Waals surface area (Å²) in [7, 11) is 1.88. The van der Waals surface area contributed by atoms with E-state index in [2.05, 4.69) is 0 Å². The van der Waals surface area contributed by atoms with Gasteiger partial charge in [0.05, 0.1) is 19.3 Å². The monoisotopic (exact) mass is 271 g/mol. The molecule has 0 aromatic carbocycles. The molecule has 0 radical (unpaired) electrons. The van der Waals surface area contributed by atoms with E-state index < -0.39 is 11.4 Å². The quantitative estimate of drug-likeness (QED) is 0.515. The van der Waals surface area contributed by atoms with Crippen LogP contribution < -0.4 is 0 Å². The number of likely N-dealkylation sites (N-methyl/N-ethyl adjacent to an activating group) is 1. The van der Waals surface area contributed by atoms with Crippen LogP contribution >= 0.6 is 0 Å². The van der Waals surface area contributed by atoms with Gasteiger partial charge in [-0.15, -0.1) is 0 Å². The largest absolute Gasteiger partial charge is 0.465 e. The number of carbonyl (C=O) groups excluding carboxylic acids is 2. The summed E-state index contributed by atoms with van der Waals surface area (Å²) >= 11 is 0. The third kappa shape index (κ3) is 4.58. The number of carbonyl (C=O) groups is 2. The SMILES string of the molecule is CCOC(=O)C(C)(C)C(=O)CN(C)CC1CCCO1. The molecule has 1 atom stereocenters. The Kier molecular flexibility index (Phi) is 5.94. The summed E-state index contributed by atoms with van der Waals surface area (Å²) < 4.78 is 10.5. The van der Waals surface area contributed by atoms with Gasteiger partial charge in [0.15, 0.2) is 5.78 Å². The highest BCUT2D eigenvalue weighted by molar-refractivity contribution is 6.03. The van der Waals surface area contributed by atoms with Crippen LogP contribution in [-0.4, -0.2) is 56.1 Å². The zero-order valence-corrected chi connectivity index (χ0v) is 12.4. The molecule has 0 N–H and O–H groups in total. The molecule has 1 unspecified atom stereocenters. The van der Waals surface area contributed by atoms with Crippen LogP contribution in [0.2, 0.25) is 0 Å². The van der Waals surface area contributed by atoms with Crippen LogP contribution in [0, 0.1) is 5.41 Å². The van der Waals surface area contributed by atoms with Crippen molar-refractivity contribution < 1.29 is 19.1 Å². The topological polar surface area (TPSA) is 55.8 Å². The minimum atomic E-state index is -1.08. The highest BCUT2D eigenvalue weighted by atomic mass is 16.5. The van der Waals surface area contributed by atoms with E-state index in [9.17, 15) is 9.59 Å². The molecule has 19 heavy (non-hydrogen) atoms. The molecule has 0 aliphatic carbocycles. The molecule has 0 aromatic heterocycles. The molecule has 5 heteroatoms. The number of Topliss-reactive ketones (excluding diaryl/α,β-unsaturated/α-hetero) is 1. The predicted molar refractivity (Wildman–Crippen MR) is 71.9 cm³/mol. The second kappa shape index (κ2) is 7.01. The molecule has 0 spiro atoms. The maximum absolute atomic E-state index is 12.2. The second-order valence-electron chi connectivity index (χ2n) is 5.60. The van der Waals surface area contributed by atoms with Crippen molar-refractivity contribution in [2.24, 2.45) is 5.41 Å². The van der Waals surface area contributed by atoms with Gasteiger partial charge in [-0.05, 0) is 40.7 Å². The first-order valence-corrected chi connectivity index (χ1v) is 6.88. The first kappa shape index (κ1) is 16.1. The maximum Gasteiger partial charge on any atom is 0.319 e. The molecule has 1 heterocycles. The van der Waals surface area contributed by atoms with Gasteiger partial charge in [0.25, 0.3) is 0 Å². The zero-order chi connectivity index (χ0) is 14.5. The summed E-state index contributed by atoms with van der Waals surface area (Å²) in [6.07, 6.45) is 2.34. The molecule has 1 fully saturated rings. The van der Waals surface area contributed by atoms with E-state index in [0.717, 1.165) is 26.0 Å². The van der Waals surface area contributed by atoms with Crippen LogP contribution in [-0.2, 0) is 19.1 Å². The number of hydrogen-bond donors (Lipinski definition) is 0. The molecule has 0 aromatic rings. The normalized spacial score (nSPS) is 19.7. The fourth-order valence-electron chi connectivity index (χ4n) is 2.07. The van der Waals surface area contributed by atoms with Crippen LogP contribution in [0.15, 0.2) is 0 Å². The van der Waals surface area contributed by atoms with Gasteiger partial charge in [-0.2, -0.15) is 0 Å². The van der Waals surface area contributed by atoms with Gasteiger partial charge in [0, 0.05) is 13.2 Å². The molecule has 1 saturated heterocycles. The van der Waals surface area contributed by atoms with Crippen molar-refractivity contribution in [3.63, 3.8) is 0 Å². The Bertz CT molecular complexity index is 321. The Morgan fingerprint density at radius 1 is 1.42 bits per heavy atom. The third-order valence-electron chi connectivity index (χ3n) is 3.44. The molecule has 1 rings (SSSR count). The number of ether oxygens (including phenoxy) is 2. The van der Waals surface area contributed by atoms with Gasteiger partial charge < -0.3 is 9.47 Å². The van der Waals surface area contributed by atoms with Crippen LogP contribution in [0.4, 0.5) is 0 Å². The first-order chi connectivity index (χ1) is 8.87. The van der Waals surface area contributed by atoms with Crippen LogP contribution in [0.25, 0.3) is 0 Å². The minimum Gasteiger partial charge on any atom is -0.465 e. The van der Waals surface area contributed by atoms with Gasteiger partial charge in [-0.3, -0.25) is 14.5 Å². The molecule has 0 saturated carbocycles. The number of nitrogens with zero attached hydrogens (tertiary/aromatic N) is 1. The van der Waals surface area contributed by atoms with E-state index >= 15 is 0 Å². The van der Waals surface area contributed by atoms with E-state index in [1.54, 1.807) is 20.8 Å². The highest BCUT2D eigenvalue weighted by Crippen LogP contribution is 2.20. The van der Waals surface area contributed by atoms with E-state index in [1.165, 1.54) is 0 Å². The van der Waals surface area contributed by atoms with Crippen molar-refractivity contribution in [2.45, 2.75) is 39.7 Å². The average molecular weight is 271 g/mol. The number of ketones is 1. The molecule has 110 valence electrons. The lowest BCUT2D eigenvalue weighted by atomic mass is 9.88. The van der Waals surface area contributed by atoms with E-state index in [4.69, 9.17) is 9.47 Å². The zero-order valence-electron chi connectivity index (χ0n) is 12.4.